The van der Waals surface area contributed by atoms with Crippen LogP contribution in [-0.4, -0.2) is 24.9 Å². The van der Waals surface area contributed by atoms with Crippen LogP contribution >= 0.6 is 15.9 Å². The third-order valence-corrected chi connectivity index (χ3v) is 3.49. The fourth-order valence-corrected chi connectivity index (χ4v) is 2.45. The minimum absolute atomic E-state index is 0.247. The molecule has 2 rings (SSSR count). The van der Waals surface area contributed by atoms with E-state index in [-0.39, 0.29) is 6.04 Å². The van der Waals surface area contributed by atoms with E-state index in [2.05, 4.69) is 21.2 Å². The molecule has 0 saturated carbocycles. The summed E-state index contributed by atoms with van der Waals surface area (Å²) in [6.45, 7) is 8.38. The minimum Gasteiger partial charge on any atom is -0.486 e. The van der Waals surface area contributed by atoms with E-state index in [4.69, 9.17) is 14.2 Å². The van der Waals surface area contributed by atoms with Gasteiger partial charge in [0.05, 0.1) is 10.5 Å². The summed E-state index contributed by atoms with van der Waals surface area (Å²) < 4.78 is 17.4. The molecule has 0 radical (unpaired) electrons. The van der Waals surface area contributed by atoms with Crippen molar-refractivity contribution in [1.29, 1.82) is 0 Å². The molecule has 6 heteroatoms. The number of alkyl carbamates (subject to hydrolysis) is 1. The lowest BCUT2D eigenvalue weighted by Gasteiger charge is -2.26. The SMILES string of the molecule is CC(NC(=O)OC(C)(C)C)c1ccc(Br)c2c1OCCO2. The van der Waals surface area contributed by atoms with E-state index < -0.39 is 11.7 Å². The summed E-state index contributed by atoms with van der Waals surface area (Å²) in [6, 6.07) is 3.54. The number of halogens is 1. The molecule has 0 saturated heterocycles. The number of nitrogens with one attached hydrogen (secondary N) is 1. The Morgan fingerprint density at radius 1 is 1.29 bits per heavy atom. The minimum atomic E-state index is -0.525. The van der Waals surface area contributed by atoms with Crippen molar-refractivity contribution < 1.29 is 19.0 Å². The molecule has 1 aliphatic heterocycles. The highest BCUT2D eigenvalue weighted by atomic mass is 79.9. The summed E-state index contributed by atoms with van der Waals surface area (Å²) in [5, 5.41) is 2.81. The first kappa shape index (κ1) is 15.9. The molecule has 1 aromatic rings. The first-order valence-electron chi connectivity index (χ1n) is 6.85. The lowest BCUT2D eigenvalue weighted by molar-refractivity contribution is 0.0506. The average molecular weight is 358 g/mol. The summed E-state index contributed by atoms with van der Waals surface area (Å²) in [5.41, 5.74) is 0.335. The largest absolute Gasteiger partial charge is 0.486 e. The molecule has 5 nitrogen and oxygen atoms in total. The van der Waals surface area contributed by atoms with Crippen LogP contribution in [0.15, 0.2) is 16.6 Å². The van der Waals surface area contributed by atoms with Gasteiger partial charge in [-0.25, -0.2) is 4.79 Å². The fraction of sp³-hybridized carbons (Fsp3) is 0.533. The lowest BCUT2D eigenvalue weighted by Crippen LogP contribution is -2.34. The van der Waals surface area contributed by atoms with Gasteiger partial charge < -0.3 is 19.5 Å². The van der Waals surface area contributed by atoms with Gasteiger partial charge in [0.1, 0.15) is 18.8 Å². The number of ether oxygens (including phenoxy) is 3. The van der Waals surface area contributed by atoms with Gasteiger partial charge in [-0.3, -0.25) is 0 Å². The van der Waals surface area contributed by atoms with Crippen LogP contribution < -0.4 is 14.8 Å². The van der Waals surface area contributed by atoms with Gasteiger partial charge in [0.15, 0.2) is 11.5 Å². The summed E-state index contributed by atoms with van der Waals surface area (Å²) in [6.07, 6.45) is -0.455. The molecule has 0 aliphatic carbocycles. The molecule has 1 N–H and O–H groups in total. The molecule has 1 aromatic carbocycles. The number of amides is 1. The number of carbonyl (C=O) groups excluding carboxylic acids is 1. The van der Waals surface area contributed by atoms with Crippen molar-refractivity contribution in [3.05, 3.63) is 22.2 Å². The third-order valence-electron chi connectivity index (χ3n) is 2.87. The molecule has 116 valence electrons. The van der Waals surface area contributed by atoms with Gasteiger partial charge in [-0.15, -0.1) is 0 Å². The molecular weight excluding hydrogens is 338 g/mol. The van der Waals surface area contributed by atoms with Gasteiger partial charge in [-0.05, 0) is 49.7 Å². The van der Waals surface area contributed by atoms with E-state index in [9.17, 15) is 4.79 Å². The molecule has 0 bridgehead atoms. The topological polar surface area (TPSA) is 56.8 Å². The van der Waals surface area contributed by atoms with Gasteiger partial charge in [0.25, 0.3) is 0 Å². The maximum atomic E-state index is 11.9. The van der Waals surface area contributed by atoms with Crippen molar-refractivity contribution in [3.63, 3.8) is 0 Å². The quantitative estimate of drug-likeness (QED) is 0.874. The Hall–Kier alpha value is -1.43. The zero-order valence-corrected chi connectivity index (χ0v) is 14.2. The second-order valence-corrected chi connectivity index (χ2v) is 6.71. The Morgan fingerprint density at radius 2 is 1.90 bits per heavy atom. The zero-order valence-electron chi connectivity index (χ0n) is 12.7. The maximum Gasteiger partial charge on any atom is 0.408 e. The number of fused-ring (bicyclic) bond motifs is 1. The molecule has 21 heavy (non-hydrogen) atoms. The van der Waals surface area contributed by atoms with Crippen LogP contribution in [0.1, 0.15) is 39.3 Å². The van der Waals surface area contributed by atoms with E-state index >= 15 is 0 Å². The first-order chi connectivity index (χ1) is 9.78. The average Bonchev–Trinajstić information content (AvgIpc) is 2.37. The first-order valence-corrected chi connectivity index (χ1v) is 7.65. The predicted molar refractivity (Wildman–Crippen MR) is 82.9 cm³/mol. The summed E-state index contributed by atoms with van der Waals surface area (Å²) in [4.78, 5) is 11.9. The fourth-order valence-electron chi connectivity index (χ4n) is 2.03. The van der Waals surface area contributed by atoms with Crippen LogP contribution in [0, 0.1) is 0 Å². The van der Waals surface area contributed by atoms with Crippen molar-refractivity contribution in [2.24, 2.45) is 0 Å². The van der Waals surface area contributed by atoms with E-state index in [1.54, 1.807) is 0 Å². The highest BCUT2D eigenvalue weighted by Gasteiger charge is 2.24. The van der Waals surface area contributed by atoms with Crippen molar-refractivity contribution in [3.8, 4) is 11.5 Å². The zero-order chi connectivity index (χ0) is 15.6. The Kier molecular flexibility index (Phi) is 4.66. The van der Waals surface area contributed by atoms with Crippen LogP contribution in [0.25, 0.3) is 0 Å². The highest BCUT2D eigenvalue weighted by Crippen LogP contribution is 2.42. The summed E-state index contributed by atoms with van der Waals surface area (Å²) >= 11 is 3.44. The molecule has 0 aromatic heterocycles. The number of hydrogen-bond donors (Lipinski definition) is 1. The third kappa shape index (κ3) is 4.03. The number of hydrogen-bond acceptors (Lipinski definition) is 4. The molecule has 1 aliphatic rings. The molecule has 1 unspecified atom stereocenters. The predicted octanol–water partition coefficient (Wildman–Crippen LogP) is 3.81. The van der Waals surface area contributed by atoms with Crippen LogP contribution in [0.5, 0.6) is 11.5 Å². The maximum absolute atomic E-state index is 11.9. The van der Waals surface area contributed by atoms with E-state index in [0.717, 1.165) is 10.0 Å². The van der Waals surface area contributed by atoms with E-state index in [1.165, 1.54) is 0 Å². The van der Waals surface area contributed by atoms with Crippen molar-refractivity contribution in [2.75, 3.05) is 13.2 Å². The van der Waals surface area contributed by atoms with Crippen molar-refractivity contribution in [1.82, 2.24) is 5.32 Å². The van der Waals surface area contributed by atoms with Gasteiger partial charge in [0.2, 0.25) is 0 Å². The van der Waals surface area contributed by atoms with Crippen LogP contribution in [0.3, 0.4) is 0 Å². The van der Waals surface area contributed by atoms with Crippen LogP contribution in [0.2, 0.25) is 0 Å². The van der Waals surface area contributed by atoms with Gasteiger partial charge in [0, 0.05) is 5.56 Å². The van der Waals surface area contributed by atoms with Gasteiger partial charge >= 0.3 is 6.09 Å². The summed E-state index contributed by atoms with van der Waals surface area (Å²) in [7, 11) is 0. The molecular formula is C15H20BrNO4. The number of carbonyl (C=O) groups is 1. The van der Waals surface area contributed by atoms with Crippen molar-refractivity contribution in [2.45, 2.75) is 39.3 Å². The highest BCUT2D eigenvalue weighted by molar-refractivity contribution is 9.10. The second kappa shape index (κ2) is 6.13. The second-order valence-electron chi connectivity index (χ2n) is 5.86. The van der Waals surface area contributed by atoms with Crippen molar-refractivity contribution >= 4 is 22.0 Å². The Balaban J connectivity index is 2.16. The van der Waals surface area contributed by atoms with E-state index in [1.807, 2.05) is 39.8 Å². The number of rotatable bonds is 2. The monoisotopic (exact) mass is 357 g/mol. The number of benzene rings is 1. The Labute approximate surface area is 133 Å². The molecule has 1 amide bonds. The molecule has 0 fully saturated rings. The molecule has 1 atom stereocenters. The smallest absolute Gasteiger partial charge is 0.408 e. The summed E-state index contributed by atoms with van der Waals surface area (Å²) in [5.74, 6) is 1.34. The van der Waals surface area contributed by atoms with Crippen LogP contribution in [0.4, 0.5) is 4.79 Å². The molecule has 1 heterocycles. The standard InChI is InChI=1S/C15H20BrNO4/c1-9(17-14(18)21-15(2,3)4)10-5-6-11(16)13-12(10)19-7-8-20-13/h5-6,9H,7-8H2,1-4H3,(H,17,18). The Morgan fingerprint density at radius 3 is 2.52 bits per heavy atom. The Bertz CT molecular complexity index is 539. The van der Waals surface area contributed by atoms with E-state index in [0.29, 0.717) is 24.7 Å². The van der Waals surface area contributed by atoms with Gasteiger partial charge in [-0.1, -0.05) is 6.07 Å². The van der Waals surface area contributed by atoms with Gasteiger partial charge in [-0.2, -0.15) is 0 Å². The molecule has 0 spiro atoms. The van der Waals surface area contributed by atoms with Crippen LogP contribution in [-0.2, 0) is 4.74 Å². The lowest BCUT2D eigenvalue weighted by atomic mass is 10.1. The normalized spacial score (nSPS) is 15.3.